The quantitative estimate of drug-likeness (QED) is 0.261. The highest BCUT2D eigenvalue weighted by Gasteiger charge is 2.34. The van der Waals surface area contributed by atoms with Crippen LogP contribution in [0.2, 0.25) is 5.02 Å². The molecule has 0 aliphatic heterocycles. The molecule has 0 saturated carbocycles. The van der Waals surface area contributed by atoms with E-state index < -0.39 is 21.6 Å². The van der Waals surface area contributed by atoms with Gasteiger partial charge in [-0.25, -0.2) is 13.4 Å². The minimum atomic E-state index is -4.56. The smallest absolute Gasteiger partial charge is 0.348 e. The van der Waals surface area contributed by atoms with Gasteiger partial charge in [0.25, 0.3) is 5.91 Å². The van der Waals surface area contributed by atoms with Crippen molar-refractivity contribution in [3.05, 3.63) is 99.5 Å². The number of sulfone groups is 1. The molecule has 2 heterocycles. The summed E-state index contributed by atoms with van der Waals surface area (Å²) in [5, 5.41) is 2.81. The number of fused-ring (bicyclic) bond motifs is 1. The van der Waals surface area contributed by atoms with E-state index in [9.17, 15) is 26.4 Å². The molecule has 0 spiro atoms. The average molecular weight is 578 g/mol. The molecule has 39 heavy (non-hydrogen) atoms. The zero-order chi connectivity index (χ0) is 28.5. The van der Waals surface area contributed by atoms with E-state index in [0.29, 0.717) is 16.9 Å². The second-order valence-corrected chi connectivity index (χ2v) is 12.2. The summed E-state index contributed by atoms with van der Waals surface area (Å²) in [5.74, 6) is -0.408. The van der Waals surface area contributed by atoms with Crippen LogP contribution in [-0.2, 0) is 29.0 Å². The van der Waals surface area contributed by atoms with Crippen LogP contribution in [0.1, 0.15) is 65.1 Å². The van der Waals surface area contributed by atoms with Crippen molar-refractivity contribution in [1.29, 1.82) is 0 Å². The van der Waals surface area contributed by atoms with Gasteiger partial charge in [0.1, 0.15) is 5.65 Å². The number of alkyl halides is 3. The number of benzene rings is 2. The molecule has 0 aliphatic rings. The number of amides is 1. The van der Waals surface area contributed by atoms with Gasteiger partial charge in [-0.05, 0) is 53.4 Å². The Morgan fingerprint density at radius 1 is 1.08 bits per heavy atom. The molecule has 6 nitrogen and oxygen atoms in total. The monoisotopic (exact) mass is 577 g/mol. The molecule has 0 saturated heterocycles. The number of nitrogens with zero attached hydrogens (tertiary/aromatic N) is 2. The molecule has 206 valence electrons. The van der Waals surface area contributed by atoms with Crippen molar-refractivity contribution in [2.24, 2.45) is 0 Å². The average Bonchev–Trinajstić information content (AvgIpc) is 3.25. The van der Waals surface area contributed by atoms with Gasteiger partial charge in [-0.1, -0.05) is 50.6 Å². The summed E-state index contributed by atoms with van der Waals surface area (Å²) >= 11 is 5.83. The summed E-state index contributed by atoms with van der Waals surface area (Å²) in [6.07, 6.45) is -2.92. The minimum absolute atomic E-state index is 0.00255. The molecule has 0 bridgehead atoms. The molecule has 0 radical (unpaired) electrons. The lowest BCUT2D eigenvalue weighted by Crippen LogP contribution is -2.23. The van der Waals surface area contributed by atoms with Gasteiger partial charge in [-0.15, -0.1) is 0 Å². The highest BCUT2D eigenvalue weighted by Crippen LogP contribution is 2.35. The first kappa shape index (κ1) is 28.6. The summed E-state index contributed by atoms with van der Waals surface area (Å²) in [6.45, 7) is 5.61. The molecular weight excluding hydrogens is 551 g/mol. The van der Waals surface area contributed by atoms with Crippen molar-refractivity contribution in [2.75, 3.05) is 5.75 Å². The number of carbonyl (C=O) groups excluding carboxylic acids is 1. The predicted molar refractivity (Wildman–Crippen MR) is 144 cm³/mol. The maximum Gasteiger partial charge on any atom is 0.416 e. The molecule has 0 aliphatic carbocycles. The predicted octanol–water partition coefficient (Wildman–Crippen LogP) is 6.44. The lowest BCUT2D eigenvalue weighted by atomic mass is 9.99. The number of carbonyl (C=O) groups is 1. The van der Waals surface area contributed by atoms with E-state index in [-0.39, 0.29) is 46.0 Å². The molecule has 0 unspecified atom stereocenters. The molecule has 11 heteroatoms. The fraction of sp³-hybridized carbons (Fsp3) is 0.286. The summed E-state index contributed by atoms with van der Waals surface area (Å²) in [4.78, 5) is 17.7. The zero-order valence-corrected chi connectivity index (χ0v) is 23.1. The molecule has 4 aromatic rings. The summed E-state index contributed by atoms with van der Waals surface area (Å²) in [7, 11) is -3.31. The fourth-order valence-electron chi connectivity index (χ4n) is 4.41. The van der Waals surface area contributed by atoms with Crippen molar-refractivity contribution in [2.45, 2.75) is 50.7 Å². The van der Waals surface area contributed by atoms with Gasteiger partial charge < -0.3 is 9.72 Å². The van der Waals surface area contributed by atoms with Crippen molar-refractivity contribution >= 4 is 33.0 Å². The number of nitrogens with one attached hydrogen (secondary N) is 1. The van der Waals surface area contributed by atoms with Crippen LogP contribution in [-0.4, -0.2) is 29.5 Å². The van der Waals surface area contributed by atoms with E-state index in [1.165, 1.54) is 24.3 Å². The Bertz CT molecular complexity index is 1630. The standard InChI is InChI=1S/C28H27ClF3N3O3S/c1-4-39(37,38)22-9-5-18(6-10-22)16-33-27(36)20-11-12-35-25(14-20)34-24(26(35)17(2)3)13-19-7-8-21(29)15-23(19)28(30,31)32/h5-12,14-15,17H,4,13,16H2,1-3H3,(H,33,36). The largest absolute Gasteiger partial charge is 0.416 e. The lowest BCUT2D eigenvalue weighted by molar-refractivity contribution is -0.138. The van der Waals surface area contributed by atoms with Crippen molar-refractivity contribution in [1.82, 2.24) is 14.7 Å². The molecule has 1 amide bonds. The highest BCUT2D eigenvalue weighted by atomic mass is 35.5. The molecule has 2 aromatic heterocycles. The zero-order valence-electron chi connectivity index (χ0n) is 21.5. The normalized spacial score (nSPS) is 12.3. The fourth-order valence-corrected chi connectivity index (χ4v) is 5.46. The van der Waals surface area contributed by atoms with Gasteiger partial charge in [0.05, 0.1) is 21.9 Å². The third kappa shape index (κ3) is 6.28. The van der Waals surface area contributed by atoms with Gasteiger partial charge in [-0.2, -0.15) is 13.2 Å². The Morgan fingerprint density at radius 2 is 1.77 bits per heavy atom. The first-order valence-electron chi connectivity index (χ1n) is 12.3. The second-order valence-electron chi connectivity index (χ2n) is 9.45. The van der Waals surface area contributed by atoms with Crippen molar-refractivity contribution in [3.63, 3.8) is 0 Å². The summed E-state index contributed by atoms with van der Waals surface area (Å²) in [5.41, 5.74) is 2.00. The molecular formula is C28H27ClF3N3O3S. The third-order valence-corrected chi connectivity index (χ3v) is 8.38. The Kier molecular flexibility index (Phi) is 8.09. The van der Waals surface area contributed by atoms with Crippen LogP contribution in [0, 0.1) is 0 Å². The third-order valence-electron chi connectivity index (χ3n) is 6.40. The molecule has 1 N–H and O–H groups in total. The van der Waals surface area contributed by atoms with Crippen LogP contribution in [0.15, 0.2) is 65.7 Å². The molecule has 4 rings (SSSR count). The Balaban J connectivity index is 1.58. The topological polar surface area (TPSA) is 80.5 Å². The van der Waals surface area contributed by atoms with E-state index in [1.54, 1.807) is 41.8 Å². The minimum Gasteiger partial charge on any atom is -0.348 e. The maximum absolute atomic E-state index is 13.7. The Labute approximate surface area is 229 Å². The van der Waals surface area contributed by atoms with E-state index in [2.05, 4.69) is 10.3 Å². The molecule has 0 fully saturated rings. The maximum atomic E-state index is 13.7. The van der Waals surface area contributed by atoms with E-state index in [0.717, 1.165) is 17.3 Å². The van der Waals surface area contributed by atoms with Crippen LogP contribution < -0.4 is 5.32 Å². The summed E-state index contributed by atoms with van der Waals surface area (Å²) < 4.78 is 66.7. The number of pyridine rings is 1. The second kappa shape index (κ2) is 11.0. The molecule has 2 aromatic carbocycles. The van der Waals surface area contributed by atoms with Crippen LogP contribution in [0.25, 0.3) is 5.65 Å². The first-order valence-corrected chi connectivity index (χ1v) is 14.3. The first-order chi connectivity index (χ1) is 18.3. The van der Waals surface area contributed by atoms with Crippen LogP contribution in [0.5, 0.6) is 0 Å². The number of halogens is 4. The van der Waals surface area contributed by atoms with Crippen molar-refractivity contribution < 1.29 is 26.4 Å². The van der Waals surface area contributed by atoms with Crippen molar-refractivity contribution in [3.8, 4) is 0 Å². The van der Waals surface area contributed by atoms with Gasteiger partial charge in [0, 0.05) is 35.4 Å². The number of imidazole rings is 1. The van der Waals surface area contributed by atoms with Gasteiger partial charge in [0.15, 0.2) is 9.84 Å². The van der Waals surface area contributed by atoms with E-state index in [4.69, 9.17) is 11.6 Å². The van der Waals surface area contributed by atoms with Gasteiger partial charge in [0.2, 0.25) is 0 Å². The number of aromatic nitrogens is 2. The van der Waals surface area contributed by atoms with Crippen LogP contribution in [0.4, 0.5) is 13.2 Å². The SMILES string of the molecule is CCS(=O)(=O)c1ccc(CNC(=O)c2ccn3c(C(C)C)c(Cc4ccc(Cl)cc4C(F)(F)F)nc3c2)cc1. The lowest BCUT2D eigenvalue weighted by Gasteiger charge is -2.14. The van der Waals surface area contributed by atoms with Gasteiger partial charge >= 0.3 is 6.18 Å². The van der Waals surface area contributed by atoms with Gasteiger partial charge in [-0.3, -0.25) is 4.79 Å². The number of hydrogen-bond acceptors (Lipinski definition) is 4. The van der Waals surface area contributed by atoms with Crippen LogP contribution in [0.3, 0.4) is 0 Å². The van der Waals surface area contributed by atoms with E-state index >= 15 is 0 Å². The summed E-state index contributed by atoms with van der Waals surface area (Å²) in [6, 6.07) is 13.2. The number of hydrogen-bond donors (Lipinski definition) is 1. The number of rotatable bonds is 8. The molecule has 0 atom stereocenters. The Morgan fingerprint density at radius 3 is 2.38 bits per heavy atom. The van der Waals surface area contributed by atoms with Crippen LogP contribution >= 0.6 is 11.6 Å². The van der Waals surface area contributed by atoms with E-state index in [1.807, 2.05) is 13.8 Å². The Hall–Kier alpha value is -3.37. The highest BCUT2D eigenvalue weighted by molar-refractivity contribution is 7.91.